The van der Waals surface area contributed by atoms with Gasteiger partial charge in [0.2, 0.25) is 5.91 Å². The molecule has 0 saturated carbocycles. The highest BCUT2D eigenvalue weighted by Gasteiger charge is 2.32. The summed E-state index contributed by atoms with van der Waals surface area (Å²) in [6.45, 7) is 1.28. The van der Waals surface area contributed by atoms with Crippen molar-refractivity contribution in [2.75, 3.05) is 0 Å². The maximum atomic E-state index is 12.6. The second kappa shape index (κ2) is 5.18. The molecule has 0 aliphatic rings. The minimum absolute atomic E-state index is 0.0222. The molecule has 1 aromatic rings. The van der Waals surface area contributed by atoms with Crippen LogP contribution in [0.4, 0.5) is 13.2 Å². The minimum atomic E-state index is -4.42. The lowest BCUT2D eigenvalue weighted by Gasteiger charge is -2.13. The fraction of sp³-hybridized carbons (Fsp3) is 0.364. The summed E-state index contributed by atoms with van der Waals surface area (Å²) < 4.78 is 37.8. The predicted molar refractivity (Wildman–Crippen MR) is 56.9 cm³/mol. The van der Waals surface area contributed by atoms with Crippen molar-refractivity contribution in [3.63, 3.8) is 0 Å². The van der Waals surface area contributed by atoms with E-state index >= 15 is 0 Å². The molecule has 3 N–H and O–H groups in total. The number of carbonyl (C=O) groups is 1. The minimum Gasteiger partial charge on any atom is -0.351 e. The molecule has 0 bridgehead atoms. The largest absolute Gasteiger partial charge is 0.416 e. The summed E-state index contributed by atoms with van der Waals surface area (Å²) in [5.41, 5.74) is 4.57. The molecule has 6 heteroatoms. The molecule has 0 heterocycles. The Balaban J connectivity index is 2.82. The van der Waals surface area contributed by atoms with Crippen LogP contribution in [0.3, 0.4) is 0 Å². The first-order valence-electron chi connectivity index (χ1n) is 5.00. The predicted octanol–water partition coefficient (Wildman–Crippen LogP) is 1.67. The fourth-order valence-corrected chi connectivity index (χ4v) is 1.29. The van der Waals surface area contributed by atoms with E-state index in [0.717, 1.165) is 6.07 Å². The van der Waals surface area contributed by atoms with E-state index < -0.39 is 23.7 Å². The van der Waals surface area contributed by atoms with Gasteiger partial charge in [-0.05, 0) is 18.6 Å². The van der Waals surface area contributed by atoms with E-state index in [1.54, 1.807) is 0 Å². The lowest BCUT2D eigenvalue weighted by Crippen LogP contribution is -2.38. The van der Waals surface area contributed by atoms with Gasteiger partial charge in [-0.3, -0.25) is 4.79 Å². The van der Waals surface area contributed by atoms with E-state index in [4.69, 9.17) is 5.73 Å². The Morgan fingerprint density at radius 3 is 2.53 bits per heavy atom. The Morgan fingerprint density at radius 2 is 2.00 bits per heavy atom. The van der Waals surface area contributed by atoms with Crippen molar-refractivity contribution in [1.82, 2.24) is 5.32 Å². The highest BCUT2D eigenvalue weighted by Crippen LogP contribution is 2.31. The molecule has 94 valence electrons. The number of nitrogens with two attached hydrogens (primary N) is 1. The maximum Gasteiger partial charge on any atom is 0.416 e. The van der Waals surface area contributed by atoms with Crippen LogP contribution in [0.1, 0.15) is 18.1 Å². The van der Waals surface area contributed by atoms with Crippen LogP contribution in [-0.2, 0) is 17.5 Å². The summed E-state index contributed by atoms with van der Waals surface area (Å²) in [5.74, 6) is -0.484. The standard InChI is InChI=1S/C11H13F3N2O/c1-7(15)10(17)16-6-8-4-2-3-5-9(8)11(12,13)14/h2-5,7H,6,15H2,1H3,(H,16,17). The normalized spacial score (nSPS) is 13.2. The van der Waals surface area contributed by atoms with Crippen molar-refractivity contribution in [2.24, 2.45) is 5.73 Å². The Labute approximate surface area is 96.8 Å². The maximum absolute atomic E-state index is 12.6. The number of hydrogen-bond donors (Lipinski definition) is 2. The summed E-state index contributed by atoms with van der Waals surface area (Å²) >= 11 is 0. The van der Waals surface area contributed by atoms with Crippen LogP contribution >= 0.6 is 0 Å². The Bertz CT molecular complexity index is 402. The molecule has 0 fully saturated rings. The quantitative estimate of drug-likeness (QED) is 0.852. The molecule has 1 amide bonds. The lowest BCUT2D eigenvalue weighted by molar-refractivity contribution is -0.138. The number of nitrogens with one attached hydrogen (secondary N) is 1. The second-order valence-electron chi connectivity index (χ2n) is 3.66. The van der Waals surface area contributed by atoms with Crippen LogP contribution in [0.5, 0.6) is 0 Å². The summed E-state index contributed by atoms with van der Waals surface area (Å²) in [6, 6.07) is 4.35. The van der Waals surface area contributed by atoms with Gasteiger partial charge in [0.15, 0.2) is 0 Å². The van der Waals surface area contributed by atoms with Crippen molar-refractivity contribution in [3.8, 4) is 0 Å². The van der Waals surface area contributed by atoms with Gasteiger partial charge in [0.25, 0.3) is 0 Å². The first-order valence-corrected chi connectivity index (χ1v) is 5.00. The zero-order chi connectivity index (χ0) is 13.1. The molecule has 0 aromatic heterocycles. The van der Waals surface area contributed by atoms with Gasteiger partial charge in [0, 0.05) is 6.54 Å². The van der Waals surface area contributed by atoms with Crippen molar-refractivity contribution in [3.05, 3.63) is 35.4 Å². The van der Waals surface area contributed by atoms with Crippen molar-refractivity contribution >= 4 is 5.91 Å². The third kappa shape index (κ3) is 3.74. The topological polar surface area (TPSA) is 55.1 Å². The summed E-state index contributed by atoms with van der Waals surface area (Å²) in [4.78, 5) is 11.2. The second-order valence-corrected chi connectivity index (χ2v) is 3.66. The van der Waals surface area contributed by atoms with E-state index in [2.05, 4.69) is 5.32 Å². The molecule has 3 nitrogen and oxygen atoms in total. The molecule has 1 unspecified atom stereocenters. The fourth-order valence-electron chi connectivity index (χ4n) is 1.29. The number of benzene rings is 1. The molecule has 0 aliphatic heterocycles. The van der Waals surface area contributed by atoms with Crippen molar-refractivity contribution in [2.45, 2.75) is 25.7 Å². The molecule has 0 aliphatic carbocycles. The van der Waals surface area contributed by atoms with Crippen LogP contribution in [-0.4, -0.2) is 11.9 Å². The first-order chi connectivity index (χ1) is 7.82. The average molecular weight is 246 g/mol. The number of hydrogen-bond acceptors (Lipinski definition) is 2. The van der Waals surface area contributed by atoms with E-state index in [9.17, 15) is 18.0 Å². The molecular weight excluding hydrogens is 233 g/mol. The van der Waals surface area contributed by atoms with E-state index in [1.807, 2.05) is 0 Å². The third-order valence-electron chi connectivity index (χ3n) is 2.19. The van der Waals surface area contributed by atoms with Gasteiger partial charge in [-0.25, -0.2) is 0 Å². The highest BCUT2D eigenvalue weighted by molar-refractivity contribution is 5.80. The van der Waals surface area contributed by atoms with Crippen molar-refractivity contribution < 1.29 is 18.0 Å². The molecule has 17 heavy (non-hydrogen) atoms. The Kier molecular flexibility index (Phi) is 4.11. The van der Waals surface area contributed by atoms with Gasteiger partial charge in [0.1, 0.15) is 0 Å². The summed E-state index contributed by atoms with van der Waals surface area (Å²) in [7, 11) is 0. The summed E-state index contributed by atoms with van der Waals surface area (Å²) in [5, 5.41) is 2.35. The third-order valence-corrected chi connectivity index (χ3v) is 2.19. The number of rotatable bonds is 3. The molecule has 1 aromatic carbocycles. The average Bonchev–Trinajstić information content (AvgIpc) is 2.24. The zero-order valence-corrected chi connectivity index (χ0v) is 9.21. The zero-order valence-electron chi connectivity index (χ0n) is 9.21. The van der Waals surface area contributed by atoms with Crippen LogP contribution in [0.15, 0.2) is 24.3 Å². The van der Waals surface area contributed by atoms with Gasteiger partial charge < -0.3 is 11.1 Å². The molecule has 0 spiro atoms. The Morgan fingerprint density at radius 1 is 1.41 bits per heavy atom. The van der Waals surface area contributed by atoms with Gasteiger partial charge in [-0.15, -0.1) is 0 Å². The van der Waals surface area contributed by atoms with E-state index in [1.165, 1.54) is 25.1 Å². The Hall–Kier alpha value is -1.56. The number of halogens is 3. The van der Waals surface area contributed by atoms with E-state index in [-0.39, 0.29) is 12.1 Å². The lowest BCUT2D eigenvalue weighted by atomic mass is 10.1. The van der Waals surface area contributed by atoms with Gasteiger partial charge in [-0.1, -0.05) is 18.2 Å². The van der Waals surface area contributed by atoms with Gasteiger partial charge in [-0.2, -0.15) is 13.2 Å². The number of amides is 1. The molecule has 0 radical (unpaired) electrons. The first kappa shape index (κ1) is 13.5. The molecular formula is C11H13F3N2O. The highest BCUT2D eigenvalue weighted by atomic mass is 19.4. The van der Waals surface area contributed by atoms with Crippen LogP contribution < -0.4 is 11.1 Å². The van der Waals surface area contributed by atoms with Crippen LogP contribution in [0.2, 0.25) is 0 Å². The molecule has 1 rings (SSSR count). The monoisotopic (exact) mass is 246 g/mol. The van der Waals surface area contributed by atoms with Gasteiger partial charge in [0.05, 0.1) is 11.6 Å². The molecule has 0 saturated heterocycles. The van der Waals surface area contributed by atoms with Crippen LogP contribution in [0, 0.1) is 0 Å². The SMILES string of the molecule is CC(N)C(=O)NCc1ccccc1C(F)(F)F. The smallest absolute Gasteiger partial charge is 0.351 e. The number of carbonyl (C=O) groups excluding carboxylic acids is 1. The van der Waals surface area contributed by atoms with E-state index in [0.29, 0.717) is 0 Å². The number of alkyl halides is 3. The van der Waals surface area contributed by atoms with Crippen LogP contribution in [0.25, 0.3) is 0 Å². The van der Waals surface area contributed by atoms with Crippen molar-refractivity contribution in [1.29, 1.82) is 0 Å². The van der Waals surface area contributed by atoms with Gasteiger partial charge >= 0.3 is 6.18 Å². The summed E-state index contributed by atoms with van der Waals surface area (Å²) in [6.07, 6.45) is -4.42. The molecule has 1 atom stereocenters.